The maximum Gasteiger partial charge on any atom is 0.0982 e. The highest BCUT2D eigenvalue weighted by Crippen LogP contribution is 2.25. The van der Waals surface area contributed by atoms with Crippen molar-refractivity contribution in [2.75, 3.05) is 0 Å². The maximum absolute atomic E-state index is 4.72. The summed E-state index contributed by atoms with van der Waals surface area (Å²) in [4.78, 5) is 4.72. The van der Waals surface area contributed by atoms with E-state index in [1.54, 1.807) is 11.3 Å². The van der Waals surface area contributed by atoms with Crippen LogP contribution in [0.3, 0.4) is 0 Å². The van der Waals surface area contributed by atoms with Crippen molar-refractivity contribution >= 4 is 11.3 Å². The Hall–Kier alpha value is -1.19. The molecule has 20 heavy (non-hydrogen) atoms. The van der Waals surface area contributed by atoms with Crippen molar-refractivity contribution < 1.29 is 0 Å². The molecule has 2 nitrogen and oxygen atoms in total. The number of aromatic nitrogens is 1. The smallest absolute Gasteiger partial charge is 0.0982 e. The lowest BCUT2D eigenvalue weighted by Gasteiger charge is -2.15. The molecular formula is C17H24N2S. The third kappa shape index (κ3) is 3.90. The molecule has 3 heteroatoms. The molecule has 0 amide bonds. The fraction of sp³-hybridized carbons (Fsp3) is 0.471. The van der Waals surface area contributed by atoms with Crippen LogP contribution in [0.5, 0.6) is 0 Å². The Bertz CT molecular complexity index is 549. The van der Waals surface area contributed by atoms with Gasteiger partial charge in [0.2, 0.25) is 0 Å². The van der Waals surface area contributed by atoms with Gasteiger partial charge in [0.15, 0.2) is 0 Å². The first kappa shape index (κ1) is 15.2. The largest absolute Gasteiger partial charge is 0.305 e. The first-order chi connectivity index (χ1) is 9.36. The molecule has 0 aliphatic carbocycles. The molecule has 1 aromatic heterocycles. The summed E-state index contributed by atoms with van der Waals surface area (Å²) < 4.78 is 0. The zero-order valence-corrected chi connectivity index (χ0v) is 13.8. The zero-order valence-electron chi connectivity index (χ0n) is 13.0. The molecule has 0 spiro atoms. The molecule has 1 aromatic carbocycles. The number of aryl methyl sites for hydroxylation is 1. The highest BCUT2D eigenvalue weighted by molar-refractivity contribution is 7.09. The highest BCUT2D eigenvalue weighted by atomic mass is 32.1. The van der Waals surface area contributed by atoms with Crippen molar-refractivity contribution in [3.8, 4) is 0 Å². The first-order valence-electron chi connectivity index (χ1n) is 7.11. The molecule has 0 unspecified atom stereocenters. The van der Waals surface area contributed by atoms with E-state index in [-0.39, 0.29) is 5.41 Å². The van der Waals surface area contributed by atoms with Crippen LogP contribution in [0.15, 0.2) is 29.6 Å². The summed E-state index contributed by atoms with van der Waals surface area (Å²) in [6.45, 7) is 11.8. The quantitative estimate of drug-likeness (QED) is 0.889. The van der Waals surface area contributed by atoms with E-state index < -0.39 is 0 Å². The summed E-state index contributed by atoms with van der Waals surface area (Å²) >= 11 is 1.75. The molecule has 2 aromatic rings. The van der Waals surface area contributed by atoms with Crippen molar-refractivity contribution in [1.82, 2.24) is 10.3 Å². The number of hydrogen-bond donors (Lipinski definition) is 1. The van der Waals surface area contributed by atoms with Crippen LogP contribution < -0.4 is 5.32 Å². The number of thiazole rings is 1. The number of nitrogens with one attached hydrogen (secondary N) is 1. The minimum atomic E-state index is 0.144. The Morgan fingerprint density at radius 2 is 1.85 bits per heavy atom. The van der Waals surface area contributed by atoms with Crippen molar-refractivity contribution in [2.45, 2.75) is 52.6 Å². The van der Waals surface area contributed by atoms with Crippen LogP contribution in [-0.2, 0) is 12.0 Å². The van der Waals surface area contributed by atoms with Crippen LogP contribution in [0.2, 0.25) is 0 Å². The SMILES string of the molecule is Cc1ccc([C@@H](C)NCc2csc(C(C)(C)C)n2)cc1. The molecule has 0 saturated heterocycles. The average molecular weight is 288 g/mol. The summed E-state index contributed by atoms with van der Waals surface area (Å²) in [5.74, 6) is 0. The van der Waals surface area contributed by atoms with E-state index in [0.29, 0.717) is 6.04 Å². The molecule has 1 N–H and O–H groups in total. The van der Waals surface area contributed by atoms with Gasteiger partial charge in [0.1, 0.15) is 0 Å². The van der Waals surface area contributed by atoms with Crippen molar-refractivity contribution in [2.24, 2.45) is 0 Å². The van der Waals surface area contributed by atoms with Crippen LogP contribution in [-0.4, -0.2) is 4.98 Å². The van der Waals surface area contributed by atoms with E-state index in [4.69, 9.17) is 4.98 Å². The fourth-order valence-corrected chi connectivity index (χ4v) is 2.87. The lowest BCUT2D eigenvalue weighted by Crippen LogP contribution is -2.18. The second-order valence-electron chi connectivity index (χ2n) is 6.41. The van der Waals surface area contributed by atoms with Gasteiger partial charge < -0.3 is 5.32 Å². The van der Waals surface area contributed by atoms with Crippen LogP contribution >= 0.6 is 11.3 Å². The summed E-state index contributed by atoms with van der Waals surface area (Å²) in [5, 5.41) is 6.91. The van der Waals surface area contributed by atoms with Crippen LogP contribution in [0.1, 0.15) is 55.6 Å². The minimum absolute atomic E-state index is 0.144. The average Bonchev–Trinajstić information content (AvgIpc) is 2.85. The zero-order chi connectivity index (χ0) is 14.8. The van der Waals surface area contributed by atoms with Crippen LogP contribution in [0.25, 0.3) is 0 Å². The van der Waals surface area contributed by atoms with E-state index in [1.165, 1.54) is 16.1 Å². The molecule has 0 saturated carbocycles. The van der Waals surface area contributed by atoms with Gasteiger partial charge in [-0.25, -0.2) is 4.98 Å². The van der Waals surface area contributed by atoms with Crippen molar-refractivity contribution in [1.29, 1.82) is 0 Å². The Morgan fingerprint density at radius 1 is 1.20 bits per heavy atom. The summed E-state index contributed by atoms with van der Waals surface area (Å²) in [5.41, 5.74) is 3.90. The van der Waals surface area contributed by atoms with Gasteiger partial charge in [-0.05, 0) is 19.4 Å². The summed E-state index contributed by atoms with van der Waals surface area (Å²) in [7, 11) is 0. The Morgan fingerprint density at radius 3 is 2.40 bits per heavy atom. The van der Waals surface area contributed by atoms with E-state index >= 15 is 0 Å². The lowest BCUT2D eigenvalue weighted by molar-refractivity contribution is 0.556. The van der Waals surface area contributed by atoms with Gasteiger partial charge in [-0.2, -0.15) is 0 Å². The third-order valence-electron chi connectivity index (χ3n) is 3.36. The molecule has 2 rings (SSSR count). The molecule has 0 bridgehead atoms. The van der Waals surface area contributed by atoms with Gasteiger partial charge in [0.05, 0.1) is 10.7 Å². The second kappa shape index (κ2) is 6.06. The third-order valence-corrected chi connectivity index (χ3v) is 4.68. The number of benzene rings is 1. The molecule has 0 aliphatic heterocycles. The number of hydrogen-bond acceptors (Lipinski definition) is 3. The topological polar surface area (TPSA) is 24.9 Å². The minimum Gasteiger partial charge on any atom is -0.305 e. The van der Waals surface area contributed by atoms with E-state index in [0.717, 1.165) is 12.2 Å². The molecule has 0 fully saturated rings. The van der Waals surface area contributed by atoms with Crippen molar-refractivity contribution in [3.63, 3.8) is 0 Å². The molecule has 108 valence electrons. The number of rotatable bonds is 4. The van der Waals surface area contributed by atoms with Gasteiger partial charge in [-0.1, -0.05) is 50.6 Å². The van der Waals surface area contributed by atoms with Crippen LogP contribution in [0.4, 0.5) is 0 Å². The van der Waals surface area contributed by atoms with E-state index in [1.807, 2.05) is 0 Å². The highest BCUT2D eigenvalue weighted by Gasteiger charge is 2.18. The predicted molar refractivity (Wildman–Crippen MR) is 87.2 cm³/mol. The normalized spacial score (nSPS) is 13.4. The second-order valence-corrected chi connectivity index (χ2v) is 7.27. The molecular weight excluding hydrogens is 264 g/mol. The molecule has 0 radical (unpaired) electrons. The predicted octanol–water partition coefficient (Wildman–Crippen LogP) is 4.60. The van der Waals surface area contributed by atoms with Crippen molar-refractivity contribution in [3.05, 3.63) is 51.5 Å². The van der Waals surface area contributed by atoms with Gasteiger partial charge in [0.25, 0.3) is 0 Å². The lowest BCUT2D eigenvalue weighted by atomic mass is 9.98. The van der Waals surface area contributed by atoms with Gasteiger partial charge in [-0.15, -0.1) is 11.3 Å². The Kier molecular flexibility index (Phi) is 4.61. The molecule has 1 atom stereocenters. The van der Waals surface area contributed by atoms with Crippen LogP contribution in [0, 0.1) is 6.92 Å². The Labute approximate surface area is 126 Å². The standard InChI is InChI=1S/C17H24N2S/c1-12-6-8-14(9-7-12)13(2)18-10-15-11-20-16(19-15)17(3,4)5/h6-9,11,13,18H,10H2,1-5H3/t13-/m1/s1. The van der Waals surface area contributed by atoms with Gasteiger partial charge >= 0.3 is 0 Å². The maximum atomic E-state index is 4.72. The molecule has 0 aliphatic rings. The van der Waals surface area contributed by atoms with Gasteiger partial charge in [-0.3, -0.25) is 0 Å². The monoisotopic (exact) mass is 288 g/mol. The summed E-state index contributed by atoms with van der Waals surface area (Å²) in [6.07, 6.45) is 0. The van der Waals surface area contributed by atoms with E-state index in [2.05, 4.69) is 69.6 Å². The Balaban J connectivity index is 1.95. The number of nitrogens with zero attached hydrogens (tertiary/aromatic N) is 1. The first-order valence-corrected chi connectivity index (χ1v) is 7.99. The fourth-order valence-electron chi connectivity index (χ4n) is 1.96. The summed E-state index contributed by atoms with van der Waals surface area (Å²) in [6, 6.07) is 9.04. The van der Waals surface area contributed by atoms with E-state index in [9.17, 15) is 0 Å². The van der Waals surface area contributed by atoms with Gasteiger partial charge in [0, 0.05) is 23.4 Å². The molecule has 1 heterocycles.